The summed E-state index contributed by atoms with van der Waals surface area (Å²) in [6.07, 6.45) is 1.19. The van der Waals surface area contributed by atoms with Crippen LogP contribution < -0.4 is 4.74 Å². The van der Waals surface area contributed by atoms with Crippen LogP contribution in [0.1, 0.15) is 5.56 Å². The highest BCUT2D eigenvalue weighted by Gasteiger charge is 2.18. The lowest BCUT2D eigenvalue weighted by Gasteiger charge is -2.08. The highest BCUT2D eigenvalue weighted by Crippen LogP contribution is 2.34. The van der Waals surface area contributed by atoms with Crippen molar-refractivity contribution in [3.8, 4) is 11.6 Å². The van der Waals surface area contributed by atoms with Crippen molar-refractivity contribution in [3.05, 3.63) is 55.1 Å². The Morgan fingerprint density at radius 2 is 2.11 bits per heavy atom. The van der Waals surface area contributed by atoms with Gasteiger partial charge in [-0.1, -0.05) is 22.0 Å². The molecule has 7 heteroatoms. The third kappa shape index (κ3) is 3.10. The molecule has 0 aliphatic heterocycles. The molecule has 1 heterocycles. The Hall–Kier alpha value is -1.47. The van der Waals surface area contributed by atoms with Gasteiger partial charge >= 0.3 is 0 Å². The average molecular weight is 388 g/mol. The molecule has 0 aliphatic carbocycles. The van der Waals surface area contributed by atoms with Crippen LogP contribution in [0.4, 0.5) is 5.69 Å². The molecule has 0 fully saturated rings. The molecule has 0 unspecified atom stereocenters. The van der Waals surface area contributed by atoms with E-state index in [0.29, 0.717) is 21.7 Å². The van der Waals surface area contributed by atoms with Crippen molar-refractivity contribution in [2.75, 3.05) is 0 Å². The standard InChI is InChI=1S/C12H8Br2N2O3/c1-7-10(16(17)18)6-15-12(11(7)14)19-9-4-2-3-8(13)5-9/h2-6H,1H3. The smallest absolute Gasteiger partial charge is 0.291 e. The molecular weight excluding hydrogens is 380 g/mol. The van der Waals surface area contributed by atoms with E-state index in [2.05, 4.69) is 36.8 Å². The fourth-order valence-electron chi connectivity index (χ4n) is 1.44. The van der Waals surface area contributed by atoms with Crippen molar-refractivity contribution in [2.45, 2.75) is 6.92 Å². The Morgan fingerprint density at radius 3 is 2.74 bits per heavy atom. The van der Waals surface area contributed by atoms with Gasteiger partial charge in [-0.15, -0.1) is 0 Å². The maximum absolute atomic E-state index is 10.8. The van der Waals surface area contributed by atoms with E-state index in [1.54, 1.807) is 19.1 Å². The molecule has 0 saturated carbocycles. The van der Waals surface area contributed by atoms with Crippen LogP contribution in [0.25, 0.3) is 0 Å². The second kappa shape index (κ2) is 5.66. The van der Waals surface area contributed by atoms with E-state index in [1.165, 1.54) is 6.20 Å². The largest absolute Gasteiger partial charge is 0.438 e. The Kier molecular flexibility index (Phi) is 4.16. The molecule has 98 valence electrons. The maximum Gasteiger partial charge on any atom is 0.291 e. The van der Waals surface area contributed by atoms with Gasteiger partial charge in [0.05, 0.1) is 9.40 Å². The first-order chi connectivity index (χ1) is 8.99. The molecule has 2 rings (SSSR count). The predicted octanol–water partition coefficient (Wildman–Crippen LogP) is 4.62. The quantitative estimate of drug-likeness (QED) is 0.569. The molecule has 2 aromatic rings. The molecule has 0 spiro atoms. The minimum Gasteiger partial charge on any atom is -0.438 e. The highest BCUT2D eigenvalue weighted by molar-refractivity contribution is 9.10. The molecule has 1 aromatic carbocycles. The summed E-state index contributed by atoms with van der Waals surface area (Å²) in [6, 6.07) is 7.25. The molecule has 0 saturated heterocycles. The molecule has 0 atom stereocenters. The fraction of sp³-hybridized carbons (Fsp3) is 0.0833. The average Bonchev–Trinajstić information content (AvgIpc) is 2.35. The van der Waals surface area contributed by atoms with Crippen molar-refractivity contribution >= 4 is 37.5 Å². The molecule has 0 aliphatic rings. The van der Waals surface area contributed by atoms with Crippen LogP contribution in [0, 0.1) is 17.0 Å². The molecular formula is C12H8Br2N2O3. The van der Waals surface area contributed by atoms with E-state index in [0.717, 1.165) is 4.47 Å². The van der Waals surface area contributed by atoms with E-state index in [9.17, 15) is 10.1 Å². The number of hydrogen-bond donors (Lipinski definition) is 0. The van der Waals surface area contributed by atoms with Gasteiger partial charge in [-0.25, -0.2) is 4.98 Å². The molecule has 1 aromatic heterocycles. The second-order valence-corrected chi connectivity index (χ2v) is 5.41. The summed E-state index contributed by atoms with van der Waals surface area (Å²) in [6.45, 7) is 1.64. The zero-order valence-corrected chi connectivity index (χ0v) is 12.9. The first-order valence-electron chi connectivity index (χ1n) is 5.22. The Bertz CT molecular complexity index is 647. The van der Waals surface area contributed by atoms with Crippen molar-refractivity contribution in [1.29, 1.82) is 0 Å². The number of benzene rings is 1. The molecule has 0 bridgehead atoms. The van der Waals surface area contributed by atoms with Crippen LogP contribution in [0.3, 0.4) is 0 Å². The number of pyridine rings is 1. The normalized spacial score (nSPS) is 10.3. The third-order valence-corrected chi connectivity index (χ3v) is 3.84. The Morgan fingerprint density at radius 1 is 1.37 bits per heavy atom. The summed E-state index contributed by atoms with van der Waals surface area (Å²) < 4.78 is 6.94. The van der Waals surface area contributed by atoms with E-state index >= 15 is 0 Å². The minimum absolute atomic E-state index is 0.0477. The number of rotatable bonds is 3. The van der Waals surface area contributed by atoms with Gasteiger partial charge in [-0.05, 0) is 41.1 Å². The van der Waals surface area contributed by atoms with Gasteiger partial charge in [0.25, 0.3) is 5.69 Å². The van der Waals surface area contributed by atoms with Gasteiger partial charge in [0.15, 0.2) is 0 Å². The number of nitro groups is 1. The zero-order chi connectivity index (χ0) is 14.0. The summed E-state index contributed by atoms with van der Waals surface area (Å²) in [4.78, 5) is 14.3. The lowest BCUT2D eigenvalue weighted by atomic mass is 10.2. The molecule has 19 heavy (non-hydrogen) atoms. The number of aromatic nitrogens is 1. The monoisotopic (exact) mass is 386 g/mol. The topological polar surface area (TPSA) is 65.3 Å². The Balaban J connectivity index is 2.37. The van der Waals surface area contributed by atoms with Crippen molar-refractivity contribution < 1.29 is 9.66 Å². The third-order valence-electron chi connectivity index (χ3n) is 2.41. The lowest BCUT2D eigenvalue weighted by molar-refractivity contribution is -0.385. The first-order valence-corrected chi connectivity index (χ1v) is 6.80. The summed E-state index contributed by atoms with van der Waals surface area (Å²) in [7, 11) is 0. The summed E-state index contributed by atoms with van der Waals surface area (Å²) in [5.41, 5.74) is 0.429. The lowest BCUT2D eigenvalue weighted by Crippen LogP contribution is -1.97. The SMILES string of the molecule is Cc1c([N+](=O)[O-])cnc(Oc2cccc(Br)c2)c1Br. The number of halogens is 2. The van der Waals surface area contributed by atoms with Crippen molar-refractivity contribution in [2.24, 2.45) is 0 Å². The summed E-state index contributed by atoms with van der Waals surface area (Å²) >= 11 is 6.61. The van der Waals surface area contributed by atoms with Crippen LogP contribution >= 0.6 is 31.9 Å². The van der Waals surface area contributed by atoms with Crippen molar-refractivity contribution in [3.63, 3.8) is 0 Å². The summed E-state index contributed by atoms with van der Waals surface area (Å²) in [5.74, 6) is 0.886. The highest BCUT2D eigenvalue weighted by atomic mass is 79.9. The van der Waals surface area contributed by atoms with E-state index in [1.807, 2.05) is 12.1 Å². The van der Waals surface area contributed by atoms with Crippen LogP contribution in [0.2, 0.25) is 0 Å². The van der Waals surface area contributed by atoms with Gasteiger partial charge < -0.3 is 4.74 Å². The van der Waals surface area contributed by atoms with E-state index in [4.69, 9.17) is 4.74 Å². The maximum atomic E-state index is 10.8. The van der Waals surface area contributed by atoms with Crippen LogP contribution in [-0.2, 0) is 0 Å². The molecule has 0 radical (unpaired) electrons. The Labute approximate surface area is 126 Å². The van der Waals surface area contributed by atoms with Gasteiger partial charge in [0.1, 0.15) is 11.9 Å². The minimum atomic E-state index is -0.476. The van der Waals surface area contributed by atoms with Crippen LogP contribution in [0.15, 0.2) is 39.4 Å². The fourth-order valence-corrected chi connectivity index (χ4v) is 2.21. The van der Waals surface area contributed by atoms with Crippen LogP contribution in [-0.4, -0.2) is 9.91 Å². The summed E-state index contributed by atoms with van der Waals surface area (Å²) in [5, 5.41) is 10.8. The predicted molar refractivity (Wildman–Crippen MR) is 77.5 cm³/mol. The van der Waals surface area contributed by atoms with Crippen molar-refractivity contribution in [1.82, 2.24) is 4.98 Å². The van der Waals surface area contributed by atoms with Gasteiger partial charge in [-0.2, -0.15) is 0 Å². The second-order valence-electron chi connectivity index (χ2n) is 3.70. The zero-order valence-electron chi connectivity index (χ0n) is 9.76. The van der Waals surface area contributed by atoms with E-state index in [-0.39, 0.29) is 5.69 Å². The number of ether oxygens (including phenoxy) is 1. The molecule has 5 nitrogen and oxygen atoms in total. The van der Waals surface area contributed by atoms with Gasteiger partial charge in [0, 0.05) is 10.0 Å². The number of hydrogen-bond acceptors (Lipinski definition) is 4. The first kappa shape index (κ1) is 14.0. The van der Waals surface area contributed by atoms with Crippen LogP contribution in [0.5, 0.6) is 11.6 Å². The number of nitrogens with zero attached hydrogens (tertiary/aromatic N) is 2. The van der Waals surface area contributed by atoms with E-state index < -0.39 is 4.92 Å². The molecule has 0 amide bonds. The molecule has 0 N–H and O–H groups in total. The van der Waals surface area contributed by atoms with Gasteiger partial charge in [0.2, 0.25) is 5.88 Å². The van der Waals surface area contributed by atoms with Gasteiger partial charge in [-0.3, -0.25) is 10.1 Å².